The molecule has 0 saturated carbocycles. The molecular formula is C12H6BrClF3NO2. The van der Waals surface area contributed by atoms with E-state index in [2.05, 4.69) is 25.7 Å². The van der Waals surface area contributed by atoms with Gasteiger partial charge in [0, 0.05) is 6.07 Å². The Hall–Kier alpha value is -1.47. The molecule has 2 rings (SSSR count). The van der Waals surface area contributed by atoms with Crippen molar-refractivity contribution in [3.05, 3.63) is 46.0 Å². The minimum atomic E-state index is -4.75. The Morgan fingerprint density at radius 2 is 1.90 bits per heavy atom. The average Bonchev–Trinajstić information content (AvgIpc) is 2.31. The number of nitrogens with zero attached hydrogens (tertiary/aromatic N) is 1. The van der Waals surface area contributed by atoms with E-state index in [1.165, 1.54) is 12.1 Å². The lowest BCUT2D eigenvalue weighted by Crippen LogP contribution is -2.17. The second kappa shape index (κ2) is 5.88. The summed E-state index contributed by atoms with van der Waals surface area (Å²) in [5, 5.41) is 0.249. The van der Waals surface area contributed by atoms with Gasteiger partial charge >= 0.3 is 6.36 Å². The third-order valence-corrected chi connectivity index (χ3v) is 2.87. The van der Waals surface area contributed by atoms with Gasteiger partial charge in [0.15, 0.2) is 0 Å². The van der Waals surface area contributed by atoms with Crippen LogP contribution in [0.15, 0.2) is 40.9 Å². The zero-order valence-electron chi connectivity index (χ0n) is 9.62. The van der Waals surface area contributed by atoms with Gasteiger partial charge in [-0.25, -0.2) is 4.98 Å². The van der Waals surface area contributed by atoms with Crippen LogP contribution < -0.4 is 9.47 Å². The fourth-order valence-corrected chi connectivity index (χ4v) is 1.91. The molecule has 0 aliphatic carbocycles. The number of pyridine rings is 1. The number of benzene rings is 1. The van der Waals surface area contributed by atoms with E-state index < -0.39 is 6.36 Å². The molecule has 0 atom stereocenters. The van der Waals surface area contributed by atoms with Crippen LogP contribution >= 0.6 is 27.5 Å². The Morgan fingerprint density at radius 3 is 2.50 bits per heavy atom. The summed E-state index contributed by atoms with van der Waals surface area (Å²) >= 11 is 8.67. The maximum absolute atomic E-state index is 12.1. The van der Waals surface area contributed by atoms with Gasteiger partial charge < -0.3 is 9.47 Å². The zero-order chi connectivity index (χ0) is 14.8. The third kappa shape index (κ3) is 4.28. The molecule has 1 aromatic carbocycles. The predicted octanol–water partition coefficient (Wildman–Crippen LogP) is 5.19. The standard InChI is InChI=1S/C12H6BrClF3NO2/c13-8-6-7(4-5-9(8)20-12(15,16)17)19-11-3-1-2-10(14)18-11/h1-6H. The molecule has 1 aromatic heterocycles. The first-order valence-corrected chi connectivity index (χ1v) is 6.36. The van der Waals surface area contributed by atoms with Gasteiger partial charge in [-0.05, 0) is 40.2 Å². The Labute approximate surface area is 125 Å². The molecule has 3 nitrogen and oxygen atoms in total. The summed E-state index contributed by atoms with van der Waals surface area (Å²) in [7, 11) is 0. The number of aromatic nitrogens is 1. The molecule has 0 N–H and O–H groups in total. The van der Waals surface area contributed by atoms with E-state index in [4.69, 9.17) is 16.3 Å². The molecule has 20 heavy (non-hydrogen) atoms. The molecule has 2 aromatic rings. The number of ether oxygens (including phenoxy) is 2. The third-order valence-electron chi connectivity index (χ3n) is 2.04. The molecule has 0 amide bonds. The summed E-state index contributed by atoms with van der Waals surface area (Å²) in [5.41, 5.74) is 0. The average molecular weight is 369 g/mol. The summed E-state index contributed by atoms with van der Waals surface area (Å²) in [6.45, 7) is 0. The minimum Gasteiger partial charge on any atom is -0.439 e. The summed E-state index contributed by atoms with van der Waals surface area (Å²) in [4.78, 5) is 3.90. The Bertz CT molecular complexity index is 622. The van der Waals surface area contributed by atoms with Crippen LogP contribution in [0.1, 0.15) is 0 Å². The molecule has 0 bridgehead atoms. The molecule has 0 aliphatic heterocycles. The smallest absolute Gasteiger partial charge is 0.439 e. The lowest BCUT2D eigenvalue weighted by atomic mass is 10.3. The molecule has 0 unspecified atom stereocenters. The number of halogens is 5. The van der Waals surface area contributed by atoms with Crippen LogP contribution in [0.2, 0.25) is 5.15 Å². The molecule has 0 aliphatic rings. The largest absolute Gasteiger partial charge is 0.573 e. The molecule has 0 spiro atoms. The van der Waals surface area contributed by atoms with Gasteiger partial charge in [0.25, 0.3) is 0 Å². The van der Waals surface area contributed by atoms with Crippen molar-refractivity contribution in [1.82, 2.24) is 4.98 Å². The molecule has 0 fully saturated rings. The number of hydrogen-bond donors (Lipinski definition) is 0. The zero-order valence-corrected chi connectivity index (χ0v) is 12.0. The second-order valence-electron chi connectivity index (χ2n) is 3.54. The van der Waals surface area contributed by atoms with Crippen molar-refractivity contribution in [1.29, 1.82) is 0 Å². The summed E-state index contributed by atoms with van der Waals surface area (Å²) in [6.07, 6.45) is -4.75. The van der Waals surface area contributed by atoms with Crippen molar-refractivity contribution < 1.29 is 22.6 Å². The molecule has 0 radical (unpaired) electrons. The number of hydrogen-bond acceptors (Lipinski definition) is 3. The van der Waals surface area contributed by atoms with Crippen molar-refractivity contribution in [2.75, 3.05) is 0 Å². The Balaban J connectivity index is 2.17. The number of alkyl halides is 3. The lowest BCUT2D eigenvalue weighted by Gasteiger charge is -2.11. The van der Waals surface area contributed by atoms with Crippen LogP contribution in [-0.2, 0) is 0 Å². The van der Waals surface area contributed by atoms with Crippen LogP contribution in [0.25, 0.3) is 0 Å². The van der Waals surface area contributed by atoms with Gasteiger partial charge in [-0.3, -0.25) is 0 Å². The molecule has 8 heteroatoms. The van der Waals surface area contributed by atoms with E-state index in [-0.39, 0.29) is 21.3 Å². The molecule has 1 heterocycles. The minimum absolute atomic E-state index is 0.106. The van der Waals surface area contributed by atoms with E-state index in [1.807, 2.05) is 0 Å². The van der Waals surface area contributed by atoms with Crippen LogP contribution in [0.3, 0.4) is 0 Å². The van der Waals surface area contributed by atoms with Crippen molar-refractivity contribution in [3.8, 4) is 17.4 Å². The normalized spacial score (nSPS) is 11.2. The first kappa shape index (κ1) is 14.9. The predicted molar refractivity (Wildman–Crippen MR) is 70.1 cm³/mol. The Morgan fingerprint density at radius 1 is 1.15 bits per heavy atom. The van der Waals surface area contributed by atoms with Crippen molar-refractivity contribution in [3.63, 3.8) is 0 Å². The molecular weight excluding hydrogens is 362 g/mol. The van der Waals surface area contributed by atoms with Gasteiger partial charge in [0.05, 0.1) is 4.47 Å². The SMILES string of the molecule is FC(F)(F)Oc1ccc(Oc2cccc(Cl)n2)cc1Br. The van der Waals surface area contributed by atoms with E-state index in [0.717, 1.165) is 6.07 Å². The van der Waals surface area contributed by atoms with Crippen molar-refractivity contribution >= 4 is 27.5 Å². The fourth-order valence-electron chi connectivity index (χ4n) is 1.32. The molecule has 0 saturated heterocycles. The van der Waals surface area contributed by atoms with Crippen LogP contribution in [0.4, 0.5) is 13.2 Å². The topological polar surface area (TPSA) is 31.4 Å². The van der Waals surface area contributed by atoms with Crippen molar-refractivity contribution in [2.45, 2.75) is 6.36 Å². The fraction of sp³-hybridized carbons (Fsp3) is 0.0833. The van der Waals surface area contributed by atoms with E-state index in [0.29, 0.717) is 5.75 Å². The summed E-state index contributed by atoms with van der Waals surface area (Å²) < 4.78 is 45.6. The van der Waals surface area contributed by atoms with Crippen molar-refractivity contribution in [2.24, 2.45) is 0 Å². The van der Waals surface area contributed by atoms with Gasteiger partial charge in [-0.15, -0.1) is 13.2 Å². The van der Waals surface area contributed by atoms with E-state index >= 15 is 0 Å². The highest BCUT2D eigenvalue weighted by Gasteiger charge is 2.32. The quantitative estimate of drug-likeness (QED) is 0.699. The summed E-state index contributed by atoms with van der Waals surface area (Å²) in [6, 6.07) is 8.58. The number of rotatable bonds is 3. The van der Waals surface area contributed by atoms with E-state index in [9.17, 15) is 13.2 Å². The van der Waals surface area contributed by atoms with Crippen LogP contribution in [0, 0.1) is 0 Å². The highest BCUT2D eigenvalue weighted by atomic mass is 79.9. The maximum Gasteiger partial charge on any atom is 0.573 e. The summed E-state index contributed by atoms with van der Waals surface area (Å²) in [5.74, 6) is 0.166. The first-order chi connectivity index (χ1) is 9.33. The second-order valence-corrected chi connectivity index (χ2v) is 4.78. The van der Waals surface area contributed by atoms with Gasteiger partial charge in [0.2, 0.25) is 5.88 Å². The highest BCUT2D eigenvalue weighted by molar-refractivity contribution is 9.10. The highest BCUT2D eigenvalue weighted by Crippen LogP contribution is 2.34. The Kier molecular flexibility index (Phi) is 4.39. The maximum atomic E-state index is 12.1. The van der Waals surface area contributed by atoms with Gasteiger partial charge in [-0.1, -0.05) is 17.7 Å². The van der Waals surface area contributed by atoms with Gasteiger partial charge in [-0.2, -0.15) is 0 Å². The first-order valence-electron chi connectivity index (χ1n) is 5.19. The monoisotopic (exact) mass is 367 g/mol. The van der Waals surface area contributed by atoms with Gasteiger partial charge in [0.1, 0.15) is 16.7 Å². The van der Waals surface area contributed by atoms with Crippen LogP contribution in [0.5, 0.6) is 17.4 Å². The van der Waals surface area contributed by atoms with Crippen LogP contribution in [-0.4, -0.2) is 11.3 Å². The van der Waals surface area contributed by atoms with E-state index in [1.54, 1.807) is 18.2 Å². The molecule has 106 valence electrons. The lowest BCUT2D eigenvalue weighted by molar-refractivity contribution is -0.274.